The number of benzene rings is 2. The molecule has 2 aromatic carbocycles. The Labute approximate surface area is 177 Å². The number of aromatic nitrogens is 1. The highest BCUT2D eigenvalue weighted by Crippen LogP contribution is 2.16. The molecule has 2 amide bonds. The molecule has 5 heteroatoms. The Kier molecular flexibility index (Phi) is 7.33. The second-order valence-electron chi connectivity index (χ2n) is 7.30. The molecule has 30 heavy (non-hydrogen) atoms. The first kappa shape index (κ1) is 21.2. The summed E-state index contributed by atoms with van der Waals surface area (Å²) in [6, 6.07) is 19.6. The van der Waals surface area contributed by atoms with E-state index in [0.717, 1.165) is 23.1 Å². The fourth-order valence-electron chi connectivity index (χ4n) is 3.19. The van der Waals surface area contributed by atoms with Crippen LogP contribution in [0, 0.1) is 0 Å². The van der Waals surface area contributed by atoms with Gasteiger partial charge in [0.2, 0.25) is 5.91 Å². The summed E-state index contributed by atoms with van der Waals surface area (Å²) in [6.45, 7) is 5.07. The standard InChI is InChI=1S/C25H27N3O2/c1-3-20-6-8-22(9-7-20)17-28(18-23-5-4-14-26-15-23)25(30)24-12-10-21(11-13-24)16-27-19(2)29/h4-15H,3,16-18H2,1-2H3,(H,27,29). The molecule has 154 valence electrons. The van der Waals surface area contributed by atoms with Gasteiger partial charge in [-0.05, 0) is 46.9 Å². The summed E-state index contributed by atoms with van der Waals surface area (Å²) in [7, 11) is 0. The van der Waals surface area contributed by atoms with Crippen molar-refractivity contribution in [2.75, 3.05) is 0 Å². The van der Waals surface area contributed by atoms with E-state index in [1.54, 1.807) is 12.4 Å². The molecule has 0 saturated carbocycles. The molecule has 1 heterocycles. The molecular formula is C25H27N3O2. The summed E-state index contributed by atoms with van der Waals surface area (Å²) >= 11 is 0. The van der Waals surface area contributed by atoms with Crippen LogP contribution in [0.1, 0.15) is 46.5 Å². The zero-order valence-electron chi connectivity index (χ0n) is 17.5. The normalized spacial score (nSPS) is 10.5. The van der Waals surface area contributed by atoms with Crippen LogP contribution in [-0.2, 0) is 30.8 Å². The number of aryl methyl sites for hydroxylation is 1. The van der Waals surface area contributed by atoms with E-state index in [1.165, 1.54) is 12.5 Å². The van der Waals surface area contributed by atoms with Crippen LogP contribution in [0.15, 0.2) is 73.1 Å². The van der Waals surface area contributed by atoms with Crippen molar-refractivity contribution in [3.8, 4) is 0 Å². The van der Waals surface area contributed by atoms with E-state index in [4.69, 9.17) is 0 Å². The van der Waals surface area contributed by atoms with Crippen molar-refractivity contribution in [1.29, 1.82) is 0 Å². The number of nitrogens with one attached hydrogen (secondary N) is 1. The SMILES string of the molecule is CCc1ccc(CN(Cc2cccnc2)C(=O)c2ccc(CNC(C)=O)cc2)cc1. The molecule has 3 rings (SSSR count). The first-order valence-corrected chi connectivity index (χ1v) is 10.1. The predicted octanol–water partition coefficient (Wildman–Crippen LogP) is 4.12. The first-order chi connectivity index (χ1) is 14.5. The van der Waals surface area contributed by atoms with Crippen LogP contribution < -0.4 is 5.32 Å². The summed E-state index contributed by atoms with van der Waals surface area (Å²) in [4.78, 5) is 30.4. The second kappa shape index (κ2) is 10.3. The van der Waals surface area contributed by atoms with E-state index in [2.05, 4.69) is 41.5 Å². The van der Waals surface area contributed by atoms with Crippen LogP contribution >= 0.6 is 0 Å². The lowest BCUT2D eigenvalue weighted by atomic mass is 10.1. The van der Waals surface area contributed by atoms with E-state index >= 15 is 0 Å². The van der Waals surface area contributed by atoms with Crippen molar-refractivity contribution in [2.24, 2.45) is 0 Å². The topological polar surface area (TPSA) is 62.3 Å². The highest BCUT2D eigenvalue weighted by atomic mass is 16.2. The van der Waals surface area contributed by atoms with Crippen molar-refractivity contribution in [1.82, 2.24) is 15.2 Å². The maximum absolute atomic E-state index is 13.3. The summed E-state index contributed by atoms with van der Waals surface area (Å²) < 4.78 is 0. The van der Waals surface area contributed by atoms with Gasteiger partial charge in [0.15, 0.2) is 0 Å². The van der Waals surface area contributed by atoms with Crippen LogP contribution in [0.2, 0.25) is 0 Å². The Balaban J connectivity index is 1.79. The minimum absolute atomic E-state index is 0.0375. The summed E-state index contributed by atoms with van der Waals surface area (Å²) in [6.07, 6.45) is 4.51. The third-order valence-electron chi connectivity index (χ3n) is 4.93. The van der Waals surface area contributed by atoms with E-state index < -0.39 is 0 Å². The minimum atomic E-state index is -0.0770. The highest BCUT2D eigenvalue weighted by Gasteiger charge is 2.17. The Hall–Kier alpha value is -3.47. The number of amides is 2. The van der Waals surface area contributed by atoms with Gasteiger partial charge < -0.3 is 10.2 Å². The maximum atomic E-state index is 13.3. The molecule has 1 N–H and O–H groups in total. The average Bonchev–Trinajstić information content (AvgIpc) is 2.78. The van der Waals surface area contributed by atoms with Crippen molar-refractivity contribution in [2.45, 2.75) is 39.9 Å². The van der Waals surface area contributed by atoms with E-state index in [1.807, 2.05) is 41.3 Å². The number of hydrogen-bond acceptors (Lipinski definition) is 3. The lowest BCUT2D eigenvalue weighted by Crippen LogP contribution is -2.30. The summed E-state index contributed by atoms with van der Waals surface area (Å²) in [5.41, 5.74) is 4.93. The summed E-state index contributed by atoms with van der Waals surface area (Å²) in [5.74, 6) is -0.114. The van der Waals surface area contributed by atoms with Gasteiger partial charge in [-0.1, -0.05) is 49.4 Å². The van der Waals surface area contributed by atoms with Gasteiger partial charge in [0.05, 0.1) is 0 Å². The van der Waals surface area contributed by atoms with Crippen molar-refractivity contribution >= 4 is 11.8 Å². The molecule has 0 saturated heterocycles. The Morgan fingerprint density at radius 3 is 2.10 bits per heavy atom. The molecule has 0 unspecified atom stereocenters. The fourth-order valence-corrected chi connectivity index (χ4v) is 3.19. The van der Waals surface area contributed by atoms with E-state index in [9.17, 15) is 9.59 Å². The van der Waals surface area contributed by atoms with Crippen LogP contribution in [-0.4, -0.2) is 21.7 Å². The lowest BCUT2D eigenvalue weighted by molar-refractivity contribution is -0.119. The molecule has 0 fully saturated rings. The third-order valence-corrected chi connectivity index (χ3v) is 4.93. The monoisotopic (exact) mass is 401 g/mol. The number of carbonyl (C=O) groups excluding carboxylic acids is 2. The largest absolute Gasteiger partial charge is 0.352 e. The Bertz CT molecular complexity index is 968. The smallest absolute Gasteiger partial charge is 0.254 e. The first-order valence-electron chi connectivity index (χ1n) is 10.1. The van der Waals surface area contributed by atoms with Gasteiger partial charge in [0.1, 0.15) is 0 Å². The van der Waals surface area contributed by atoms with Gasteiger partial charge >= 0.3 is 0 Å². The third kappa shape index (κ3) is 6.01. The van der Waals surface area contributed by atoms with Crippen LogP contribution in [0.4, 0.5) is 0 Å². The van der Waals surface area contributed by atoms with Crippen molar-refractivity contribution in [3.05, 3.63) is 101 Å². The molecule has 0 bridgehead atoms. The quantitative estimate of drug-likeness (QED) is 0.618. The number of nitrogens with zero attached hydrogens (tertiary/aromatic N) is 2. The van der Waals surface area contributed by atoms with Gasteiger partial charge in [-0.2, -0.15) is 0 Å². The van der Waals surface area contributed by atoms with Gasteiger partial charge in [0, 0.05) is 44.5 Å². The molecule has 1 aromatic heterocycles. The Morgan fingerprint density at radius 2 is 1.50 bits per heavy atom. The molecule has 0 aliphatic rings. The highest BCUT2D eigenvalue weighted by molar-refractivity contribution is 5.94. The average molecular weight is 402 g/mol. The van der Waals surface area contributed by atoms with Gasteiger partial charge in [0.25, 0.3) is 5.91 Å². The molecule has 0 aliphatic heterocycles. The molecule has 0 spiro atoms. The number of carbonyl (C=O) groups is 2. The van der Waals surface area contributed by atoms with Gasteiger partial charge in [-0.15, -0.1) is 0 Å². The second-order valence-corrected chi connectivity index (χ2v) is 7.30. The van der Waals surface area contributed by atoms with Crippen LogP contribution in [0.3, 0.4) is 0 Å². The Morgan fingerprint density at radius 1 is 0.867 bits per heavy atom. The van der Waals surface area contributed by atoms with E-state index in [0.29, 0.717) is 25.2 Å². The molecular weight excluding hydrogens is 374 g/mol. The molecule has 0 aliphatic carbocycles. The van der Waals surface area contributed by atoms with Crippen LogP contribution in [0.5, 0.6) is 0 Å². The number of rotatable bonds is 8. The number of hydrogen-bond donors (Lipinski definition) is 1. The zero-order valence-corrected chi connectivity index (χ0v) is 17.5. The predicted molar refractivity (Wildman–Crippen MR) is 118 cm³/mol. The molecule has 0 radical (unpaired) electrons. The van der Waals surface area contributed by atoms with E-state index in [-0.39, 0.29) is 11.8 Å². The molecule has 0 atom stereocenters. The van der Waals surface area contributed by atoms with Gasteiger partial charge in [-0.25, -0.2) is 0 Å². The minimum Gasteiger partial charge on any atom is -0.352 e. The van der Waals surface area contributed by atoms with Crippen LogP contribution in [0.25, 0.3) is 0 Å². The zero-order chi connectivity index (χ0) is 21.3. The summed E-state index contributed by atoms with van der Waals surface area (Å²) in [5, 5.41) is 2.77. The lowest BCUT2D eigenvalue weighted by Gasteiger charge is -2.23. The van der Waals surface area contributed by atoms with Crippen molar-refractivity contribution < 1.29 is 9.59 Å². The fraction of sp³-hybridized carbons (Fsp3) is 0.240. The maximum Gasteiger partial charge on any atom is 0.254 e. The molecule has 3 aromatic rings. The van der Waals surface area contributed by atoms with Gasteiger partial charge in [-0.3, -0.25) is 14.6 Å². The number of pyridine rings is 1. The molecule has 5 nitrogen and oxygen atoms in total. The van der Waals surface area contributed by atoms with Crippen molar-refractivity contribution in [3.63, 3.8) is 0 Å².